The van der Waals surface area contributed by atoms with Gasteiger partial charge in [0.1, 0.15) is 0 Å². The highest BCUT2D eigenvalue weighted by molar-refractivity contribution is 8.00. The molecular weight excluding hydrogens is 218 g/mol. The van der Waals surface area contributed by atoms with Crippen LogP contribution < -0.4 is 5.32 Å². The molecule has 1 fully saturated rings. The average Bonchev–Trinajstić information content (AvgIpc) is 2.59. The Morgan fingerprint density at radius 1 is 1.38 bits per heavy atom. The predicted molar refractivity (Wildman–Crippen MR) is 68.9 cm³/mol. The number of hydrogen-bond donors (Lipinski definition) is 1. The summed E-state index contributed by atoms with van der Waals surface area (Å²) in [6, 6.07) is 9.69. The zero-order valence-corrected chi connectivity index (χ0v) is 10.5. The van der Waals surface area contributed by atoms with Crippen LogP contribution in [0, 0.1) is 0 Å². The van der Waals surface area contributed by atoms with Gasteiger partial charge < -0.3 is 5.32 Å². The van der Waals surface area contributed by atoms with Crippen molar-refractivity contribution in [2.24, 2.45) is 0 Å². The Morgan fingerprint density at radius 3 is 2.62 bits per heavy atom. The lowest BCUT2D eigenvalue weighted by Crippen LogP contribution is -2.44. The molecule has 0 aromatic heterocycles. The van der Waals surface area contributed by atoms with E-state index < -0.39 is 0 Å². The van der Waals surface area contributed by atoms with E-state index in [1.807, 2.05) is 42.1 Å². The fourth-order valence-electron chi connectivity index (χ4n) is 1.97. The Kier molecular flexibility index (Phi) is 3.24. The smallest absolute Gasteiger partial charge is 0.251 e. The molecule has 0 spiro atoms. The van der Waals surface area contributed by atoms with Crippen LogP contribution in [0.25, 0.3) is 0 Å². The van der Waals surface area contributed by atoms with Crippen molar-refractivity contribution in [3.63, 3.8) is 0 Å². The summed E-state index contributed by atoms with van der Waals surface area (Å²) < 4.78 is 0.157. The largest absolute Gasteiger partial charge is 0.348 e. The molecule has 3 heteroatoms. The van der Waals surface area contributed by atoms with Crippen LogP contribution in [0.4, 0.5) is 0 Å². The highest BCUT2D eigenvalue weighted by Crippen LogP contribution is 2.37. The summed E-state index contributed by atoms with van der Waals surface area (Å²) >= 11 is 1.93. The number of carbonyl (C=O) groups is 1. The lowest BCUT2D eigenvalue weighted by molar-refractivity contribution is 0.0931. The first-order chi connectivity index (χ1) is 7.59. The number of nitrogens with one attached hydrogen (secondary N) is 1. The Morgan fingerprint density at radius 2 is 2.06 bits per heavy atom. The lowest BCUT2D eigenvalue weighted by Gasteiger charge is -2.26. The number of hydrogen-bond acceptors (Lipinski definition) is 2. The van der Waals surface area contributed by atoms with Crippen LogP contribution in [-0.2, 0) is 0 Å². The first-order valence-corrected chi connectivity index (χ1v) is 6.58. The van der Waals surface area contributed by atoms with E-state index >= 15 is 0 Å². The van der Waals surface area contributed by atoms with Crippen molar-refractivity contribution in [1.82, 2.24) is 5.32 Å². The fraction of sp³-hybridized carbons (Fsp3) is 0.462. The SMILES string of the molecule is CC1(C)SCCC1NC(=O)c1ccccc1. The van der Waals surface area contributed by atoms with Crippen molar-refractivity contribution in [2.45, 2.75) is 31.1 Å². The van der Waals surface area contributed by atoms with Crippen LogP contribution in [0.1, 0.15) is 30.6 Å². The second-order valence-electron chi connectivity index (χ2n) is 4.63. The van der Waals surface area contributed by atoms with Gasteiger partial charge in [0.15, 0.2) is 0 Å². The molecule has 1 saturated heterocycles. The summed E-state index contributed by atoms with van der Waals surface area (Å²) in [4.78, 5) is 12.0. The Bertz CT molecular complexity index is 375. The minimum Gasteiger partial charge on any atom is -0.348 e. The maximum atomic E-state index is 12.0. The maximum Gasteiger partial charge on any atom is 0.251 e. The topological polar surface area (TPSA) is 29.1 Å². The molecule has 2 nitrogen and oxygen atoms in total. The third-order valence-corrected chi connectivity index (χ3v) is 4.53. The first-order valence-electron chi connectivity index (χ1n) is 5.59. The van der Waals surface area contributed by atoms with E-state index in [1.54, 1.807) is 0 Å². The van der Waals surface area contributed by atoms with E-state index in [-0.39, 0.29) is 16.7 Å². The third-order valence-electron chi connectivity index (χ3n) is 3.06. The first kappa shape index (κ1) is 11.5. The van der Waals surface area contributed by atoms with Gasteiger partial charge in [-0.2, -0.15) is 11.8 Å². The summed E-state index contributed by atoms with van der Waals surface area (Å²) in [7, 11) is 0. The molecule has 2 rings (SSSR count). The zero-order valence-electron chi connectivity index (χ0n) is 9.69. The minimum absolute atomic E-state index is 0.0428. The van der Waals surface area contributed by atoms with E-state index in [1.165, 1.54) is 0 Å². The summed E-state index contributed by atoms with van der Waals surface area (Å²) in [5, 5.41) is 3.13. The minimum atomic E-state index is 0.0428. The highest BCUT2D eigenvalue weighted by atomic mass is 32.2. The summed E-state index contributed by atoms with van der Waals surface area (Å²) in [6.45, 7) is 4.39. The van der Waals surface area contributed by atoms with Gasteiger partial charge in [0.05, 0.1) is 0 Å². The van der Waals surface area contributed by atoms with E-state index in [0.29, 0.717) is 0 Å². The van der Waals surface area contributed by atoms with Crippen LogP contribution in [0.2, 0.25) is 0 Å². The van der Waals surface area contributed by atoms with Gasteiger partial charge in [0.2, 0.25) is 0 Å². The van der Waals surface area contributed by atoms with E-state index in [9.17, 15) is 4.79 Å². The van der Waals surface area contributed by atoms with Crippen molar-refractivity contribution in [1.29, 1.82) is 0 Å². The molecule has 0 aliphatic carbocycles. The molecule has 1 aliphatic rings. The van der Waals surface area contributed by atoms with Crippen LogP contribution in [0.15, 0.2) is 30.3 Å². The molecule has 1 N–H and O–H groups in total. The van der Waals surface area contributed by atoms with Crippen molar-refractivity contribution in [3.8, 4) is 0 Å². The molecule has 1 aromatic carbocycles. The van der Waals surface area contributed by atoms with Crippen molar-refractivity contribution in [2.75, 3.05) is 5.75 Å². The van der Waals surface area contributed by atoms with Gasteiger partial charge >= 0.3 is 0 Å². The van der Waals surface area contributed by atoms with Gasteiger partial charge in [0.25, 0.3) is 5.91 Å². The lowest BCUT2D eigenvalue weighted by atomic mass is 10.0. The molecular formula is C13H17NOS. The molecule has 1 heterocycles. The van der Waals surface area contributed by atoms with Crippen molar-refractivity contribution < 1.29 is 4.79 Å². The monoisotopic (exact) mass is 235 g/mol. The van der Waals surface area contributed by atoms with Gasteiger partial charge in [-0.1, -0.05) is 18.2 Å². The number of benzene rings is 1. The fourth-order valence-corrected chi connectivity index (χ4v) is 3.22. The Labute approximate surface area is 101 Å². The summed E-state index contributed by atoms with van der Waals surface area (Å²) in [5.74, 6) is 1.17. The van der Waals surface area contributed by atoms with E-state index in [0.717, 1.165) is 17.7 Å². The van der Waals surface area contributed by atoms with Gasteiger partial charge in [-0.15, -0.1) is 0 Å². The molecule has 1 amide bonds. The molecule has 16 heavy (non-hydrogen) atoms. The molecule has 1 atom stereocenters. The number of thioether (sulfide) groups is 1. The Hall–Kier alpha value is -0.960. The summed E-state index contributed by atoms with van der Waals surface area (Å²) in [5.41, 5.74) is 0.746. The van der Waals surface area contributed by atoms with E-state index in [2.05, 4.69) is 19.2 Å². The number of carbonyl (C=O) groups excluding carboxylic acids is 1. The number of amides is 1. The second kappa shape index (κ2) is 4.50. The van der Waals surface area contributed by atoms with Crippen LogP contribution in [-0.4, -0.2) is 22.4 Å². The molecule has 1 unspecified atom stereocenters. The molecule has 0 radical (unpaired) electrons. The van der Waals surface area contributed by atoms with Crippen LogP contribution in [0.3, 0.4) is 0 Å². The maximum absolute atomic E-state index is 12.0. The van der Waals surface area contributed by atoms with E-state index in [4.69, 9.17) is 0 Å². The molecule has 0 bridgehead atoms. The zero-order chi connectivity index (χ0) is 11.6. The molecule has 0 saturated carbocycles. The van der Waals surface area contributed by atoms with Crippen LogP contribution in [0.5, 0.6) is 0 Å². The summed E-state index contributed by atoms with van der Waals surface area (Å²) in [6.07, 6.45) is 1.07. The standard InChI is InChI=1S/C13H17NOS/c1-13(2)11(8-9-16-13)14-12(15)10-6-4-3-5-7-10/h3-7,11H,8-9H2,1-2H3,(H,14,15). The van der Waals surface area contributed by atoms with Crippen molar-refractivity contribution >= 4 is 17.7 Å². The predicted octanol–water partition coefficient (Wildman–Crippen LogP) is 2.70. The van der Waals surface area contributed by atoms with Gasteiger partial charge in [-0.3, -0.25) is 4.79 Å². The van der Waals surface area contributed by atoms with Gasteiger partial charge in [-0.05, 0) is 38.2 Å². The molecule has 86 valence electrons. The quantitative estimate of drug-likeness (QED) is 0.854. The van der Waals surface area contributed by atoms with Crippen molar-refractivity contribution in [3.05, 3.63) is 35.9 Å². The third kappa shape index (κ3) is 2.40. The van der Waals surface area contributed by atoms with Crippen LogP contribution >= 0.6 is 11.8 Å². The highest BCUT2D eigenvalue weighted by Gasteiger charge is 2.36. The second-order valence-corrected chi connectivity index (χ2v) is 6.38. The number of rotatable bonds is 2. The Balaban J connectivity index is 2.03. The molecule has 1 aromatic rings. The molecule has 1 aliphatic heterocycles. The average molecular weight is 235 g/mol. The normalized spacial score (nSPS) is 23.0. The van der Waals surface area contributed by atoms with Gasteiger partial charge in [0, 0.05) is 16.4 Å². The van der Waals surface area contributed by atoms with Gasteiger partial charge in [-0.25, -0.2) is 0 Å².